The maximum Gasteiger partial charge on any atom is 0.312 e. The van der Waals surface area contributed by atoms with Crippen molar-refractivity contribution in [3.63, 3.8) is 0 Å². The summed E-state index contributed by atoms with van der Waals surface area (Å²) in [5, 5.41) is 13.6. The van der Waals surface area contributed by atoms with Gasteiger partial charge in [0.05, 0.1) is 14.8 Å². The number of benzene rings is 2. The first-order valence-electron chi connectivity index (χ1n) is 8.85. The fourth-order valence-electron chi connectivity index (χ4n) is 2.91. The van der Waals surface area contributed by atoms with E-state index in [4.69, 9.17) is 16.3 Å². The van der Waals surface area contributed by atoms with Crippen molar-refractivity contribution in [2.24, 2.45) is 0 Å². The van der Waals surface area contributed by atoms with Crippen molar-refractivity contribution in [1.29, 1.82) is 0 Å². The van der Waals surface area contributed by atoms with Crippen LogP contribution in [0.15, 0.2) is 41.3 Å². The van der Waals surface area contributed by atoms with Gasteiger partial charge in [-0.1, -0.05) is 11.6 Å². The topological polar surface area (TPSA) is 119 Å². The Bertz CT molecular complexity index is 1090. The summed E-state index contributed by atoms with van der Waals surface area (Å²) in [4.78, 5) is 22.4. The van der Waals surface area contributed by atoms with E-state index in [0.717, 1.165) is 31.0 Å². The molecule has 0 bridgehead atoms. The van der Waals surface area contributed by atoms with Gasteiger partial charge in [0.1, 0.15) is 5.82 Å². The van der Waals surface area contributed by atoms with Gasteiger partial charge in [-0.2, -0.15) is 4.31 Å². The Morgan fingerprint density at radius 2 is 1.93 bits per heavy atom. The summed E-state index contributed by atoms with van der Waals surface area (Å²) >= 11 is 5.64. The largest absolute Gasteiger partial charge is 0.477 e. The number of nitro benzene ring substituents is 1. The number of amides is 1. The fourth-order valence-corrected chi connectivity index (χ4v) is 4.63. The zero-order valence-electron chi connectivity index (χ0n) is 15.5. The summed E-state index contributed by atoms with van der Waals surface area (Å²) in [6.45, 7) is 0.137. The van der Waals surface area contributed by atoms with Gasteiger partial charge >= 0.3 is 5.69 Å². The number of carbonyl (C=O) groups is 1. The van der Waals surface area contributed by atoms with Crippen LogP contribution in [0.5, 0.6) is 5.75 Å². The van der Waals surface area contributed by atoms with Gasteiger partial charge in [-0.05, 0) is 43.2 Å². The van der Waals surface area contributed by atoms with Crippen LogP contribution >= 0.6 is 11.6 Å². The molecule has 2 aromatic rings. The molecule has 0 spiro atoms. The molecule has 0 atom stereocenters. The molecule has 0 radical (unpaired) electrons. The highest BCUT2D eigenvalue weighted by atomic mass is 35.5. The van der Waals surface area contributed by atoms with Crippen LogP contribution in [-0.4, -0.2) is 43.2 Å². The second-order valence-corrected chi connectivity index (χ2v) is 8.81. The molecule has 2 aromatic carbocycles. The van der Waals surface area contributed by atoms with Crippen molar-refractivity contribution in [1.82, 2.24) is 4.31 Å². The summed E-state index contributed by atoms with van der Waals surface area (Å²) in [5.74, 6) is -1.57. The van der Waals surface area contributed by atoms with Gasteiger partial charge in [-0.3, -0.25) is 14.9 Å². The molecule has 1 saturated heterocycles. The quantitative estimate of drug-likeness (QED) is 0.503. The van der Waals surface area contributed by atoms with Crippen LogP contribution in [0.25, 0.3) is 0 Å². The van der Waals surface area contributed by atoms with Crippen molar-refractivity contribution in [3.8, 4) is 5.75 Å². The molecule has 1 amide bonds. The number of rotatable bonds is 7. The lowest BCUT2D eigenvalue weighted by atomic mass is 10.3. The Labute approximate surface area is 176 Å². The first-order valence-corrected chi connectivity index (χ1v) is 10.7. The third kappa shape index (κ3) is 4.86. The van der Waals surface area contributed by atoms with Gasteiger partial charge in [0.2, 0.25) is 10.0 Å². The lowest BCUT2D eigenvalue weighted by Gasteiger charge is -2.16. The third-order valence-electron chi connectivity index (χ3n) is 4.39. The average molecular weight is 458 g/mol. The third-order valence-corrected chi connectivity index (χ3v) is 6.58. The summed E-state index contributed by atoms with van der Waals surface area (Å²) in [5.41, 5.74) is -0.357. The van der Waals surface area contributed by atoms with E-state index in [1.54, 1.807) is 0 Å². The van der Waals surface area contributed by atoms with Gasteiger partial charge in [-0.25, -0.2) is 12.8 Å². The van der Waals surface area contributed by atoms with E-state index in [1.165, 1.54) is 22.5 Å². The highest BCUT2D eigenvalue weighted by Crippen LogP contribution is 2.32. The van der Waals surface area contributed by atoms with E-state index in [0.29, 0.717) is 13.1 Å². The van der Waals surface area contributed by atoms with Crippen LogP contribution in [-0.2, 0) is 14.8 Å². The molecule has 1 aliphatic rings. The Kier molecular flexibility index (Phi) is 6.54. The van der Waals surface area contributed by atoms with Crippen LogP contribution in [0.1, 0.15) is 12.8 Å². The summed E-state index contributed by atoms with van der Waals surface area (Å²) in [7, 11) is -3.84. The first kappa shape index (κ1) is 21.9. The maximum atomic E-state index is 13.2. The van der Waals surface area contributed by atoms with Crippen LogP contribution in [0.2, 0.25) is 5.02 Å². The number of anilines is 1. The molecule has 9 nitrogen and oxygen atoms in total. The smallest absolute Gasteiger partial charge is 0.312 e. The highest BCUT2D eigenvalue weighted by Gasteiger charge is 2.30. The Balaban J connectivity index is 1.73. The van der Waals surface area contributed by atoms with E-state index in [9.17, 15) is 27.7 Å². The van der Waals surface area contributed by atoms with E-state index in [2.05, 4.69) is 5.32 Å². The van der Waals surface area contributed by atoms with Crippen LogP contribution in [0.3, 0.4) is 0 Å². The first-order chi connectivity index (χ1) is 14.2. The minimum Gasteiger partial charge on any atom is -0.477 e. The highest BCUT2D eigenvalue weighted by molar-refractivity contribution is 7.89. The van der Waals surface area contributed by atoms with Gasteiger partial charge < -0.3 is 10.1 Å². The Hall–Kier alpha value is -2.76. The number of halogens is 2. The van der Waals surface area contributed by atoms with E-state index in [-0.39, 0.29) is 21.4 Å². The van der Waals surface area contributed by atoms with E-state index in [1.807, 2.05) is 0 Å². The average Bonchev–Trinajstić information content (AvgIpc) is 3.25. The van der Waals surface area contributed by atoms with Crippen molar-refractivity contribution in [3.05, 3.63) is 57.4 Å². The molecule has 0 aromatic heterocycles. The van der Waals surface area contributed by atoms with Crippen LogP contribution in [0, 0.1) is 15.9 Å². The number of ether oxygens (including phenoxy) is 1. The number of carbonyl (C=O) groups excluding carboxylic acids is 1. The molecule has 30 heavy (non-hydrogen) atoms. The van der Waals surface area contributed by atoms with E-state index < -0.39 is 39.0 Å². The van der Waals surface area contributed by atoms with Crippen LogP contribution < -0.4 is 10.1 Å². The minimum absolute atomic E-state index is 0.181. The molecule has 1 aliphatic heterocycles. The SMILES string of the molecule is O=C(COc1ccc(S(=O)(=O)N2CCCC2)cc1[N+](=O)[O-])Nc1ccc(F)c(Cl)c1. The van der Waals surface area contributed by atoms with Gasteiger partial charge in [0.25, 0.3) is 5.91 Å². The maximum absolute atomic E-state index is 13.2. The molecule has 0 unspecified atom stereocenters. The van der Waals surface area contributed by atoms with Gasteiger partial charge in [-0.15, -0.1) is 0 Å². The molecule has 1 heterocycles. The molecular formula is C18H17ClFN3O6S. The monoisotopic (exact) mass is 457 g/mol. The number of nitrogens with zero attached hydrogens (tertiary/aromatic N) is 2. The predicted octanol–water partition coefficient (Wildman–Crippen LogP) is 3.19. The zero-order valence-corrected chi connectivity index (χ0v) is 17.1. The van der Waals surface area contributed by atoms with Gasteiger partial charge in [0, 0.05) is 24.8 Å². The Morgan fingerprint density at radius 3 is 2.57 bits per heavy atom. The van der Waals surface area contributed by atoms with Crippen molar-refractivity contribution >= 4 is 38.9 Å². The predicted molar refractivity (Wildman–Crippen MR) is 107 cm³/mol. The molecule has 0 saturated carbocycles. The summed E-state index contributed by atoms with van der Waals surface area (Å²) < 4.78 is 44.8. The minimum atomic E-state index is -3.84. The van der Waals surface area contributed by atoms with Gasteiger partial charge in [0.15, 0.2) is 12.4 Å². The van der Waals surface area contributed by atoms with Crippen molar-refractivity contribution in [2.75, 3.05) is 25.0 Å². The van der Waals surface area contributed by atoms with Crippen molar-refractivity contribution < 1.29 is 27.3 Å². The molecule has 3 rings (SSSR count). The summed E-state index contributed by atoms with van der Waals surface area (Å²) in [6, 6.07) is 6.83. The second-order valence-electron chi connectivity index (χ2n) is 6.46. The lowest BCUT2D eigenvalue weighted by molar-refractivity contribution is -0.386. The molecule has 0 aliphatic carbocycles. The summed E-state index contributed by atoms with van der Waals surface area (Å²) in [6.07, 6.45) is 1.47. The Morgan fingerprint density at radius 1 is 1.23 bits per heavy atom. The molecule has 1 N–H and O–H groups in total. The van der Waals surface area contributed by atoms with Crippen LogP contribution in [0.4, 0.5) is 15.8 Å². The molecule has 160 valence electrons. The van der Waals surface area contributed by atoms with Crippen molar-refractivity contribution in [2.45, 2.75) is 17.7 Å². The zero-order chi connectivity index (χ0) is 21.9. The number of nitrogens with one attached hydrogen (secondary N) is 1. The lowest BCUT2D eigenvalue weighted by Crippen LogP contribution is -2.28. The molecular weight excluding hydrogens is 441 g/mol. The fraction of sp³-hybridized carbons (Fsp3) is 0.278. The number of hydrogen-bond acceptors (Lipinski definition) is 6. The number of hydrogen-bond donors (Lipinski definition) is 1. The number of sulfonamides is 1. The second kappa shape index (κ2) is 8.94. The molecule has 1 fully saturated rings. The normalized spacial score (nSPS) is 14.5. The standard InChI is InChI=1S/C18H17ClFN3O6S/c19-14-9-12(3-5-15(14)20)21-18(24)11-29-17-6-4-13(10-16(17)23(25)26)30(27,28)22-7-1-2-8-22/h3-6,9-10H,1-2,7-8,11H2,(H,21,24). The number of nitro groups is 1. The van der Waals surface area contributed by atoms with E-state index >= 15 is 0 Å². The molecule has 12 heteroatoms.